The van der Waals surface area contributed by atoms with Crippen LogP contribution >= 0.6 is 0 Å². The summed E-state index contributed by atoms with van der Waals surface area (Å²) in [6.07, 6.45) is 4.69. The number of rotatable bonds is 18. The van der Waals surface area contributed by atoms with Crippen molar-refractivity contribution in [3.05, 3.63) is 0 Å². The Kier molecular flexibility index (Phi) is 15.1. The molecule has 3 atom stereocenters. The highest BCUT2D eigenvalue weighted by atomic mass is 16.4. The van der Waals surface area contributed by atoms with Crippen LogP contribution in [0.1, 0.15) is 97.8 Å². The highest BCUT2D eigenvalue weighted by molar-refractivity contribution is 5.90. The molecule has 0 bridgehead atoms. The van der Waals surface area contributed by atoms with E-state index in [1.165, 1.54) is 0 Å². The van der Waals surface area contributed by atoms with Gasteiger partial charge in [-0.2, -0.15) is 0 Å². The molecule has 222 valence electrons. The van der Waals surface area contributed by atoms with Gasteiger partial charge in [0.05, 0.1) is 0 Å². The fourth-order valence-electron chi connectivity index (χ4n) is 4.83. The number of hydrogen-bond acceptors (Lipinski definition) is 6. The van der Waals surface area contributed by atoms with Crippen LogP contribution in [-0.4, -0.2) is 69.1 Å². The van der Waals surface area contributed by atoms with Gasteiger partial charge in [0.2, 0.25) is 17.7 Å². The Labute approximate surface area is 229 Å². The minimum absolute atomic E-state index is 0.0138. The quantitative estimate of drug-likeness (QED) is 0.147. The Bertz CT molecular complexity index is 748. The van der Waals surface area contributed by atoms with Crippen LogP contribution in [0.3, 0.4) is 0 Å². The van der Waals surface area contributed by atoms with E-state index in [4.69, 9.17) is 0 Å². The van der Waals surface area contributed by atoms with Gasteiger partial charge in [-0.15, -0.1) is 0 Å². The topological polar surface area (TPSA) is 199 Å². The zero-order valence-electron chi connectivity index (χ0n) is 23.2. The summed E-state index contributed by atoms with van der Waals surface area (Å²) in [5, 5.41) is 36.1. The molecule has 1 aliphatic carbocycles. The first-order chi connectivity index (χ1) is 18.4. The number of carbonyl (C=O) groups is 6. The highest BCUT2D eigenvalue weighted by Crippen LogP contribution is 2.34. The summed E-state index contributed by atoms with van der Waals surface area (Å²) in [5.74, 6) is -8.00. The number of aliphatic carboxylic acids is 3. The van der Waals surface area contributed by atoms with E-state index < -0.39 is 71.5 Å². The summed E-state index contributed by atoms with van der Waals surface area (Å²) in [7, 11) is 0. The van der Waals surface area contributed by atoms with Gasteiger partial charge >= 0.3 is 17.9 Å². The van der Waals surface area contributed by atoms with Gasteiger partial charge in [0, 0.05) is 17.8 Å². The van der Waals surface area contributed by atoms with Crippen molar-refractivity contribution < 1.29 is 44.1 Å². The average Bonchev–Trinajstić information content (AvgIpc) is 2.89. The Hall–Kier alpha value is -3.18. The molecule has 1 rings (SSSR count). The van der Waals surface area contributed by atoms with E-state index in [1.807, 2.05) is 20.8 Å². The van der Waals surface area contributed by atoms with Crippen LogP contribution in [0.4, 0.5) is 0 Å². The van der Waals surface area contributed by atoms with Gasteiger partial charge in [-0.1, -0.05) is 59.3 Å². The second-order valence-corrected chi connectivity index (χ2v) is 10.4. The summed E-state index contributed by atoms with van der Waals surface area (Å²) in [5.41, 5.74) is 0. The molecule has 12 nitrogen and oxygen atoms in total. The lowest BCUT2D eigenvalue weighted by Crippen LogP contribution is -2.51. The van der Waals surface area contributed by atoms with Crippen LogP contribution in [0.15, 0.2) is 0 Å². The van der Waals surface area contributed by atoms with Crippen molar-refractivity contribution >= 4 is 35.6 Å². The Balaban J connectivity index is 3.15. The first-order valence-electron chi connectivity index (χ1n) is 14.0. The average molecular weight is 556 g/mol. The van der Waals surface area contributed by atoms with Crippen LogP contribution in [0, 0.1) is 17.8 Å². The highest BCUT2D eigenvalue weighted by Gasteiger charge is 2.41. The molecule has 1 aliphatic rings. The standard InChI is InChI=1S/C27H45N3O9/c1-4-7-10-19(25(34)35)28-22(31)16-13-17(23(32)29-20(26(36)37)11-8-5-2)15-18(14-16)24(33)30-21(27(38)39)12-9-6-3/h16-21H,4-15H2,1-3H3,(H,28,31)(H,29,32)(H,30,33)(H,34,35)(H,36,37)(H,38,39)/t16?,17?,18?,19-,20-,21-/m0/s1. The Morgan fingerprint density at radius 3 is 0.949 bits per heavy atom. The molecule has 0 radical (unpaired) electrons. The van der Waals surface area contributed by atoms with E-state index in [0.717, 1.165) is 19.3 Å². The number of carboxylic acids is 3. The van der Waals surface area contributed by atoms with Gasteiger partial charge in [0.25, 0.3) is 0 Å². The third-order valence-corrected chi connectivity index (χ3v) is 7.20. The molecule has 12 heteroatoms. The molecule has 39 heavy (non-hydrogen) atoms. The van der Waals surface area contributed by atoms with Crippen molar-refractivity contribution in [2.45, 2.75) is 116 Å². The van der Waals surface area contributed by atoms with Crippen LogP contribution in [0.2, 0.25) is 0 Å². The van der Waals surface area contributed by atoms with Crippen molar-refractivity contribution in [1.29, 1.82) is 0 Å². The fourth-order valence-corrected chi connectivity index (χ4v) is 4.83. The second-order valence-electron chi connectivity index (χ2n) is 10.4. The van der Waals surface area contributed by atoms with E-state index in [1.54, 1.807) is 0 Å². The third kappa shape index (κ3) is 11.6. The largest absolute Gasteiger partial charge is 0.480 e. The summed E-state index contributed by atoms with van der Waals surface area (Å²) in [6.45, 7) is 5.68. The Morgan fingerprint density at radius 2 is 0.769 bits per heavy atom. The monoisotopic (exact) mass is 555 g/mol. The van der Waals surface area contributed by atoms with Gasteiger partial charge in [-0.3, -0.25) is 14.4 Å². The molecule has 0 saturated heterocycles. The summed E-state index contributed by atoms with van der Waals surface area (Å²) >= 11 is 0. The maximum absolute atomic E-state index is 13.1. The SMILES string of the molecule is CCCC[C@H](NC(=O)C1CC(C(=O)N[C@@H](CCCC)C(=O)O)CC(C(=O)N[C@@H](CCCC)C(=O)O)C1)C(=O)O. The number of unbranched alkanes of at least 4 members (excludes halogenated alkanes) is 3. The Morgan fingerprint density at radius 1 is 0.538 bits per heavy atom. The van der Waals surface area contributed by atoms with Crippen molar-refractivity contribution in [2.24, 2.45) is 17.8 Å². The lowest BCUT2D eigenvalue weighted by Gasteiger charge is -2.34. The predicted molar refractivity (Wildman–Crippen MR) is 142 cm³/mol. The van der Waals surface area contributed by atoms with Crippen molar-refractivity contribution in [3.63, 3.8) is 0 Å². The molecule has 0 aliphatic heterocycles. The molecule has 0 aromatic heterocycles. The summed E-state index contributed by atoms with van der Waals surface area (Å²) in [6, 6.07) is -3.35. The van der Waals surface area contributed by atoms with Crippen molar-refractivity contribution in [3.8, 4) is 0 Å². The number of hydrogen-bond donors (Lipinski definition) is 6. The van der Waals surface area contributed by atoms with Gasteiger partial charge in [0.1, 0.15) is 18.1 Å². The maximum atomic E-state index is 13.1. The fraction of sp³-hybridized carbons (Fsp3) is 0.778. The van der Waals surface area contributed by atoms with Crippen LogP contribution in [0.25, 0.3) is 0 Å². The maximum Gasteiger partial charge on any atom is 0.326 e. The van der Waals surface area contributed by atoms with Gasteiger partial charge in [-0.05, 0) is 38.5 Å². The number of carboxylic acid groups (broad SMARTS) is 3. The van der Waals surface area contributed by atoms with Crippen molar-refractivity contribution in [2.75, 3.05) is 0 Å². The molecule has 1 saturated carbocycles. The lowest BCUT2D eigenvalue weighted by molar-refractivity contribution is -0.146. The van der Waals surface area contributed by atoms with Gasteiger partial charge < -0.3 is 31.3 Å². The number of nitrogens with one attached hydrogen (secondary N) is 3. The van der Waals surface area contributed by atoms with E-state index >= 15 is 0 Å². The van der Waals surface area contributed by atoms with Gasteiger partial charge in [0.15, 0.2) is 0 Å². The summed E-state index contributed by atoms with van der Waals surface area (Å²) in [4.78, 5) is 74.4. The smallest absolute Gasteiger partial charge is 0.326 e. The van der Waals surface area contributed by atoms with Crippen LogP contribution in [0.5, 0.6) is 0 Å². The van der Waals surface area contributed by atoms with E-state index in [9.17, 15) is 44.1 Å². The lowest BCUT2D eigenvalue weighted by atomic mass is 9.73. The molecule has 1 fully saturated rings. The molecule has 3 amide bonds. The molecule has 0 spiro atoms. The first-order valence-corrected chi connectivity index (χ1v) is 14.0. The van der Waals surface area contributed by atoms with E-state index in [2.05, 4.69) is 16.0 Å². The predicted octanol–water partition coefficient (Wildman–Crippen LogP) is 2.30. The second kappa shape index (κ2) is 17.4. The van der Waals surface area contributed by atoms with E-state index in [-0.39, 0.29) is 38.5 Å². The third-order valence-electron chi connectivity index (χ3n) is 7.20. The number of amides is 3. The molecule has 0 aromatic rings. The normalized spacial score (nSPS) is 21.2. The first kappa shape index (κ1) is 33.8. The van der Waals surface area contributed by atoms with Crippen molar-refractivity contribution in [1.82, 2.24) is 16.0 Å². The van der Waals surface area contributed by atoms with Gasteiger partial charge in [-0.25, -0.2) is 14.4 Å². The van der Waals surface area contributed by atoms with Crippen LogP contribution in [-0.2, 0) is 28.8 Å². The zero-order chi connectivity index (χ0) is 29.5. The molecular formula is C27H45N3O9. The van der Waals surface area contributed by atoms with E-state index in [0.29, 0.717) is 19.3 Å². The zero-order valence-corrected chi connectivity index (χ0v) is 23.2. The molecular weight excluding hydrogens is 510 g/mol. The minimum Gasteiger partial charge on any atom is -0.480 e. The molecule has 0 heterocycles. The molecule has 0 aromatic carbocycles. The molecule has 6 N–H and O–H groups in total. The molecule has 0 unspecified atom stereocenters. The number of carbonyl (C=O) groups excluding carboxylic acids is 3. The summed E-state index contributed by atoms with van der Waals surface area (Å²) < 4.78 is 0. The minimum atomic E-state index is -1.18. The van der Waals surface area contributed by atoms with Crippen LogP contribution < -0.4 is 16.0 Å².